The van der Waals surface area contributed by atoms with Crippen molar-refractivity contribution in [2.75, 3.05) is 0 Å². The molecule has 0 N–H and O–H groups in total. The zero-order valence-corrected chi connectivity index (χ0v) is 18.4. The highest BCUT2D eigenvalue weighted by molar-refractivity contribution is 6.31. The molecule has 28 heavy (non-hydrogen) atoms. The topological polar surface area (TPSA) is 52.1 Å². The smallest absolute Gasteiger partial charge is 0.268 e. The Morgan fingerprint density at radius 3 is 1.29 bits per heavy atom. The second kappa shape index (κ2) is 6.78. The second-order valence-electron chi connectivity index (χ2n) is 8.33. The first kappa shape index (κ1) is 20.7. The van der Waals surface area contributed by atoms with Gasteiger partial charge in [-0.25, -0.2) is 0 Å². The first-order valence-corrected chi connectivity index (χ1v) is 9.87. The van der Waals surface area contributed by atoms with E-state index >= 15 is 0 Å². The largest absolute Gasteiger partial charge is 0.623 e. The molecule has 0 saturated carbocycles. The molecule has 1 aliphatic rings. The van der Waals surface area contributed by atoms with Gasteiger partial charge in [-0.2, -0.15) is 9.48 Å². The van der Waals surface area contributed by atoms with Crippen LogP contribution in [0.3, 0.4) is 0 Å². The standard InChI is InChI=1S/C22H24Cl2N2O2/c1-13-11-15(7-9-17(13)23)19-21(3,4)26(28)20(22(5,6)25(19)27)16-8-10-18(24)14(2)12-16/h7-12H,1-6H3. The number of hydrogen-bond acceptors (Lipinski definition) is 2. The maximum atomic E-state index is 13.6. The molecule has 2 aromatic rings. The van der Waals surface area contributed by atoms with Crippen molar-refractivity contribution >= 4 is 34.6 Å². The highest BCUT2D eigenvalue weighted by Gasteiger charge is 2.55. The van der Waals surface area contributed by atoms with E-state index in [1.165, 1.54) is 0 Å². The Kier molecular flexibility index (Phi) is 5.01. The summed E-state index contributed by atoms with van der Waals surface area (Å²) in [6.07, 6.45) is 0. The van der Waals surface area contributed by atoms with Crippen LogP contribution in [-0.2, 0) is 0 Å². The summed E-state index contributed by atoms with van der Waals surface area (Å²) in [5.41, 5.74) is 1.80. The molecule has 4 nitrogen and oxygen atoms in total. The summed E-state index contributed by atoms with van der Waals surface area (Å²) in [5, 5.41) is 28.4. The molecule has 0 aromatic heterocycles. The van der Waals surface area contributed by atoms with E-state index in [9.17, 15) is 10.4 Å². The number of rotatable bonds is 2. The first-order chi connectivity index (χ1) is 12.9. The lowest BCUT2D eigenvalue weighted by molar-refractivity contribution is -0.598. The maximum Gasteiger partial charge on any atom is 0.268 e. The maximum absolute atomic E-state index is 13.6. The van der Waals surface area contributed by atoms with Crippen LogP contribution in [0.5, 0.6) is 0 Å². The summed E-state index contributed by atoms with van der Waals surface area (Å²) < 4.78 is 1.92. The molecule has 6 heteroatoms. The Morgan fingerprint density at radius 1 is 0.679 bits per heavy atom. The summed E-state index contributed by atoms with van der Waals surface area (Å²) in [7, 11) is 0. The molecule has 0 saturated heterocycles. The summed E-state index contributed by atoms with van der Waals surface area (Å²) in [6.45, 7) is 10.8. The molecule has 0 aliphatic carbocycles. The lowest BCUT2D eigenvalue weighted by atomic mass is 9.82. The average molecular weight is 419 g/mol. The Bertz CT molecular complexity index is 953. The fourth-order valence-corrected chi connectivity index (χ4v) is 4.01. The predicted octanol–water partition coefficient (Wildman–Crippen LogP) is 5.48. The van der Waals surface area contributed by atoms with Crippen LogP contribution in [0, 0.1) is 24.3 Å². The molecule has 148 valence electrons. The number of aryl methyl sites for hydroxylation is 2. The Hall–Kier alpha value is -2.04. The number of hydrogen-bond donors (Lipinski definition) is 0. The van der Waals surface area contributed by atoms with E-state index in [2.05, 4.69) is 0 Å². The predicted molar refractivity (Wildman–Crippen MR) is 116 cm³/mol. The summed E-state index contributed by atoms with van der Waals surface area (Å²) >= 11 is 12.3. The van der Waals surface area contributed by atoms with Gasteiger partial charge in [0.1, 0.15) is 0 Å². The molecule has 0 unspecified atom stereocenters. The van der Waals surface area contributed by atoms with Crippen molar-refractivity contribution in [1.29, 1.82) is 0 Å². The Balaban J connectivity index is 2.28. The lowest BCUT2D eigenvalue weighted by Gasteiger charge is -2.38. The van der Waals surface area contributed by atoms with Gasteiger partial charge in [-0.1, -0.05) is 23.2 Å². The SMILES string of the molecule is Cc1cc(C2=[N+]([O-])C(C)(C)C(c3ccc(Cl)c(C)c3)=[N+]([O-])C2(C)C)ccc1Cl. The third-order valence-corrected chi connectivity index (χ3v) is 6.29. The number of benzene rings is 2. The minimum atomic E-state index is -1.07. The lowest BCUT2D eigenvalue weighted by Crippen LogP contribution is -2.62. The van der Waals surface area contributed by atoms with Gasteiger partial charge in [0.15, 0.2) is 0 Å². The van der Waals surface area contributed by atoms with Gasteiger partial charge < -0.3 is 10.4 Å². The molecule has 0 radical (unpaired) electrons. The van der Waals surface area contributed by atoms with Crippen LogP contribution in [0.15, 0.2) is 36.4 Å². The van der Waals surface area contributed by atoms with E-state index in [4.69, 9.17) is 23.2 Å². The van der Waals surface area contributed by atoms with Crippen LogP contribution in [0.4, 0.5) is 0 Å². The average Bonchev–Trinajstić information content (AvgIpc) is 2.60. The molecule has 0 amide bonds. The summed E-state index contributed by atoms with van der Waals surface area (Å²) in [5.74, 6) is 0. The summed E-state index contributed by atoms with van der Waals surface area (Å²) in [6, 6.07) is 10.8. The second-order valence-corrected chi connectivity index (χ2v) is 9.15. The Labute approximate surface area is 175 Å². The van der Waals surface area contributed by atoms with Gasteiger partial charge in [-0.3, -0.25) is 0 Å². The summed E-state index contributed by atoms with van der Waals surface area (Å²) in [4.78, 5) is 0. The molecule has 2 aromatic carbocycles. The van der Waals surface area contributed by atoms with Crippen molar-refractivity contribution in [2.24, 2.45) is 0 Å². The van der Waals surface area contributed by atoms with Gasteiger partial charge in [-0.05, 0) is 61.4 Å². The van der Waals surface area contributed by atoms with E-state index in [0.29, 0.717) is 32.6 Å². The van der Waals surface area contributed by atoms with E-state index in [-0.39, 0.29) is 0 Å². The van der Waals surface area contributed by atoms with Crippen molar-refractivity contribution in [3.63, 3.8) is 0 Å². The van der Waals surface area contributed by atoms with Crippen LogP contribution in [0.2, 0.25) is 10.0 Å². The minimum Gasteiger partial charge on any atom is -0.623 e. The number of halogens is 2. The van der Waals surface area contributed by atoms with Gasteiger partial charge in [-0.15, -0.1) is 0 Å². The highest BCUT2D eigenvalue weighted by Crippen LogP contribution is 2.32. The minimum absolute atomic E-state index is 0.418. The molecular formula is C22H24Cl2N2O2. The monoisotopic (exact) mass is 418 g/mol. The first-order valence-electron chi connectivity index (χ1n) is 9.11. The van der Waals surface area contributed by atoms with Gasteiger partial charge >= 0.3 is 0 Å². The molecule has 0 spiro atoms. The van der Waals surface area contributed by atoms with Gasteiger partial charge in [0.25, 0.3) is 22.5 Å². The van der Waals surface area contributed by atoms with Crippen LogP contribution >= 0.6 is 23.2 Å². The van der Waals surface area contributed by atoms with Gasteiger partial charge in [0.2, 0.25) is 0 Å². The van der Waals surface area contributed by atoms with Crippen LogP contribution in [-0.4, -0.2) is 32.0 Å². The van der Waals surface area contributed by atoms with E-state index in [1.54, 1.807) is 52.0 Å². The zero-order valence-electron chi connectivity index (χ0n) is 16.9. The molecule has 1 aliphatic heterocycles. The fraction of sp³-hybridized carbons (Fsp3) is 0.364. The fourth-order valence-electron chi connectivity index (χ4n) is 3.77. The normalized spacial score (nSPS) is 18.6. The molecular weight excluding hydrogens is 395 g/mol. The molecule has 0 bridgehead atoms. The quantitative estimate of drug-likeness (QED) is 0.478. The van der Waals surface area contributed by atoms with E-state index in [0.717, 1.165) is 20.6 Å². The van der Waals surface area contributed by atoms with Gasteiger partial charge in [0.05, 0.1) is 11.1 Å². The zero-order chi connectivity index (χ0) is 21.0. The van der Waals surface area contributed by atoms with Crippen molar-refractivity contribution in [3.05, 3.63) is 79.1 Å². The van der Waals surface area contributed by atoms with Crippen molar-refractivity contribution in [2.45, 2.75) is 52.6 Å². The van der Waals surface area contributed by atoms with Crippen LogP contribution < -0.4 is 0 Å². The van der Waals surface area contributed by atoms with Gasteiger partial charge in [0, 0.05) is 37.7 Å². The molecule has 1 heterocycles. The van der Waals surface area contributed by atoms with Crippen LogP contribution in [0.25, 0.3) is 0 Å². The van der Waals surface area contributed by atoms with E-state index < -0.39 is 11.1 Å². The molecule has 3 rings (SSSR count). The number of hydroxylamine groups is 2. The van der Waals surface area contributed by atoms with E-state index in [1.807, 2.05) is 26.0 Å². The molecule has 0 fully saturated rings. The van der Waals surface area contributed by atoms with Crippen LogP contribution in [0.1, 0.15) is 49.9 Å². The third kappa shape index (κ3) is 3.09. The Morgan fingerprint density at radius 2 is 1.00 bits per heavy atom. The van der Waals surface area contributed by atoms with Crippen molar-refractivity contribution in [1.82, 2.24) is 0 Å². The third-order valence-electron chi connectivity index (χ3n) is 5.44. The highest BCUT2D eigenvalue weighted by atomic mass is 35.5. The number of nitrogens with zero attached hydrogens (tertiary/aromatic N) is 2. The van der Waals surface area contributed by atoms with Crippen molar-refractivity contribution < 1.29 is 9.48 Å². The van der Waals surface area contributed by atoms with Crippen molar-refractivity contribution in [3.8, 4) is 0 Å². The molecule has 0 atom stereocenters.